The van der Waals surface area contributed by atoms with Gasteiger partial charge >= 0.3 is 0 Å². The van der Waals surface area contributed by atoms with Crippen molar-refractivity contribution < 1.29 is 0 Å². The molecule has 0 bridgehead atoms. The number of aromatic nitrogens is 1. The van der Waals surface area contributed by atoms with E-state index in [9.17, 15) is 0 Å². The Morgan fingerprint density at radius 3 is 2.50 bits per heavy atom. The van der Waals surface area contributed by atoms with Crippen LogP contribution in [-0.2, 0) is 12.0 Å². The molecule has 0 aliphatic heterocycles. The van der Waals surface area contributed by atoms with Crippen LogP contribution in [0.25, 0.3) is 10.9 Å². The van der Waals surface area contributed by atoms with Crippen molar-refractivity contribution in [1.82, 2.24) is 4.57 Å². The number of alkyl halides is 1. The molecule has 0 N–H and O–H groups in total. The van der Waals surface area contributed by atoms with Crippen molar-refractivity contribution in [2.75, 3.05) is 5.33 Å². The molecule has 1 heterocycles. The fourth-order valence-electron chi connectivity index (χ4n) is 2.11. The van der Waals surface area contributed by atoms with Crippen LogP contribution < -0.4 is 0 Å². The summed E-state index contributed by atoms with van der Waals surface area (Å²) < 4.78 is 2.38. The van der Waals surface area contributed by atoms with Crippen molar-refractivity contribution in [3.63, 3.8) is 0 Å². The molecule has 1 nitrogen and oxygen atoms in total. The molecule has 86 valence electrons. The maximum absolute atomic E-state index is 3.52. The third-order valence-corrected chi connectivity index (χ3v) is 3.28. The second-order valence-electron chi connectivity index (χ2n) is 5.15. The maximum Gasteiger partial charge on any atom is 0.0488 e. The van der Waals surface area contributed by atoms with Crippen LogP contribution >= 0.6 is 15.9 Å². The Bertz CT molecular complexity index is 491. The Labute approximate surface area is 106 Å². The molecule has 0 saturated carbocycles. The molecular formula is C14H18BrN. The van der Waals surface area contributed by atoms with E-state index in [2.05, 4.69) is 71.7 Å². The number of fused-ring (bicyclic) bond motifs is 1. The number of para-hydroxylation sites is 1. The Balaban J connectivity index is 2.67. The smallest absolute Gasteiger partial charge is 0.0488 e. The molecule has 2 heteroatoms. The highest BCUT2D eigenvalue weighted by molar-refractivity contribution is 9.09. The van der Waals surface area contributed by atoms with Crippen LogP contribution in [0.15, 0.2) is 30.5 Å². The quantitative estimate of drug-likeness (QED) is 0.721. The lowest BCUT2D eigenvalue weighted by Gasteiger charge is -2.22. The Morgan fingerprint density at radius 2 is 1.88 bits per heavy atom. The van der Waals surface area contributed by atoms with Crippen molar-refractivity contribution in [2.45, 2.75) is 32.7 Å². The molecule has 2 rings (SSSR count). The third-order valence-electron chi connectivity index (χ3n) is 2.88. The summed E-state index contributed by atoms with van der Waals surface area (Å²) in [6, 6.07) is 8.66. The van der Waals surface area contributed by atoms with Crippen molar-refractivity contribution in [3.05, 3.63) is 36.0 Å². The molecule has 1 aromatic heterocycles. The van der Waals surface area contributed by atoms with Gasteiger partial charge in [0.1, 0.15) is 0 Å². The van der Waals surface area contributed by atoms with E-state index in [4.69, 9.17) is 0 Å². The summed E-state index contributed by atoms with van der Waals surface area (Å²) in [7, 11) is 0. The van der Waals surface area contributed by atoms with E-state index in [1.54, 1.807) is 0 Å². The summed E-state index contributed by atoms with van der Waals surface area (Å²) in [5, 5.41) is 2.40. The van der Waals surface area contributed by atoms with E-state index < -0.39 is 0 Å². The van der Waals surface area contributed by atoms with Gasteiger partial charge in [0.2, 0.25) is 0 Å². The zero-order chi connectivity index (χ0) is 11.8. The fraction of sp³-hybridized carbons (Fsp3) is 0.429. The molecule has 0 radical (unpaired) electrons. The van der Waals surface area contributed by atoms with Gasteiger partial charge in [-0.15, -0.1) is 0 Å². The van der Waals surface area contributed by atoms with E-state index in [0.29, 0.717) is 0 Å². The normalized spacial score (nSPS) is 12.2. The number of aryl methyl sites for hydroxylation is 1. The van der Waals surface area contributed by atoms with Crippen LogP contribution in [-0.4, -0.2) is 9.90 Å². The zero-order valence-corrected chi connectivity index (χ0v) is 11.7. The monoisotopic (exact) mass is 279 g/mol. The standard InChI is InChI=1S/C14H18BrN/c1-14(2,3)16-10-11(8-9-15)12-6-4-5-7-13(12)16/h4-7,10H,8-9H2,1-3H3. The Morgan fingerprint density at radius 1 is 1.19 bits per heavy atom. The molecule has 0 amide bonds. The first-order chi connectivity index (χ1) is 7.54. The first kappa shape index (κ1) is 11.7. The predicted octanol–water partition coefficient (Wildman–Crippen LogP) is 4.33. The van der Waals surface area contributed by atoms with Gasteiger partial charge in [-0.2, -0.15) is 0 Å². The van der Waals surface area contributed by atoms with Crippen LogP contribution in [0.4, 0.5) is 0 Å². The minimum atomic E-state index is 0.143. The van der Waals surface area contributed by atoms with E-state index in [1.165, 1.54) is 16.5 Å². The van der Waals surface area contributed by atoms with E-state index >= 15 is 0 Å². The molecule has 16 heavy (non-hydrogen) atoms. The summed E-state index contributed by atoms with van der Waals surface area (Å²) in [5.41, 5.74) is 2.91. The van der Waals surface area contributed by atoms with Gasteiger partial charge in [-0.05, 0) is 38.8 Å². The van der Waals surface area contributed by atoms with Crippen LogP contribution in [0.3, 0.4) is 0 Å². The number of hydrogen-bond donors (Lipinski definition) is 0. The van der Waals surface area contributed by atoms with Crippen LogP contribution in [0.2, 0.25) is 0 Å². The minimum absolute atomic E-state index is 0.143. The van der Waals surface area contributed by atoms with Gasteiger partial charge in [-0.1, -0.05) is 34.1 Å². The lowest BCUT2D eigenvalue weighted by molar-refractivity contribution is 0.410. The molecule has 0 fully saturated rings. The van der Waals surface area contributed by atoms with Crippen LogP contribution in [0.1, 0.15) is 26.3 Å². The maximum atomic E-state index is 3.52. The Hall–Kier alpha value is -0.760. The number of rotatable bonds is 2. The van der Waals surface area contributed by atoms with Gasteiger partial charge in [0.25, 0.3) is 0 Å². The van der Waals surface area contributed by atoms with Crippen molar-refractivity contribution in [1.29, 1.82) is 0 Å². The number of benzene rings is 1. The van der Waals surface area contributed by atoms with Gasteiger partial charge in [-0.3, -0.25) is 0 Å². The molecule has 0 spiro atoms. The molecule has 1 aromatic carbocycles. The fourth-order valence-corrected chi connectivity index (χ4v) is 2.53. The van der Waals surface area contributed by atoms with E-state index in [-0.39, 0.29) is 5.54 Å². The lowest BCUT2D eigenvalue weighted by atomic mass is 10.1. The van der Waals surface area contributed by atoms with E-state index in [0.717, 1.165) is 11.8 Å². The molecule has 0 saturated heterocycles. The molecule has 0 aliphatic carbocycles. The van der Waals surface area contributed by atoms with Gasteiger partial charge in [0, 0.05) is 28.0 Å². The molecule has 0 unspecified atom stereocenters. The topological polar surface area (TPSA) is 4.93 Å². The molecule has 0 atom stereocenters. The van der Waals surface area contributed by atoms with E-state index in [1.807, 2.05) is 0 Å². The van der Waals surface area contributed by atoms with Crippen LogP contribution in [0.5, 0.6) is 0 Å². The van der Waals surface area contributed by atoms with Gasteiger partial charge in [0.05, 0.1) is 0 Å². The summed E-state index contributed by atoms with van der Waals surface area (Å²) in [6.07, 6.45) is 3.38. The average molecular weight is 280 g/mol. The van der Waals surface area contributed by atoms with Gasteiger partial charge < -0.3 is 4.57 Å². The van der Waals surface area contributed by atoms with Crippen molar-refractivity contribution >= 4 is 26.8 Å². The lowest BCUT2D eigenvalue weighted by Crippen LogP contribution is -2.20. The molecule has 0 aliphatic rings. The largest absolute Gasteiger partial charge is 0.342 e. The first-order valence-corrected chi connectivity index (χ1v) is 6.81. The number of halogens is 1. The predicted molar refractivity (Wildman–Crippen MR) is 74.4 cm³/mol. The highest BCUT2D eigenvalue weighted by atomic mass is 79.9. The second-order valence-corrected chi connectivity index (χ2v) is 5.94. The average Bonchev–Trinajstić information content (AvgIpc) is 2.58. The number of hydrogen-bond acceptors (Lipinski definition) is 0. The Kier molecular flexibility index (Phi) is 3.11. The zero-order valence-electron chi connectivity index (χ0n) is 10.1. The summed E-state index contributed by atoms with van der Waals surface area (Å²) in [4.78, 5) is 0. The minimum Gasteiger partial charge on any atom is -0.342 e. The molecule has 2 aromatic rings. The highest BCUT2D eigenvalue weighted by Crippen LogP contribution is 2.27. The van der Waals surface area contributed by atoms with Crippen LogP contribution in [0, 0.1) is 0 Å². The van der Waals surface area contributed by atoms with Crippen molar-refractivity contribution in [2.24, 2.45) is 0 Å². The highest BCUT2D eigenvalue weighted by Gasteiger charge is 2.17. The van der Waals surface area contributed by atoms with Gasteiger partial charge in [0.15, 0.2) is 0 Å². The summed E-state index contributed by atoms with van der Waals surface area (Å²) >= 11 is 3.52. The number of nitrogens with zero attached hydrogens (tertiary/aromatic N) is 1. The third kappa shape index (κ3) is 2.03. The SMILES string of the molecule is CC(C)(C)n1cc(CCBr)c2ccccc21. The second kappa shape index (κ2) is 4.25. The molecular weight excluding hydrogens is 262 g/mol. The van der Waals surface area contributed by atoms with Gasteiger partial charge in [-0.25, -0.2) is 0 Å². The summed E-state index contributed by atoms with van der Waals surface area (Å²) in [5.74, 6) is 0. The summed E-state index contributed by atoms with van der Waals surface area (Å²) in [6.45, 7) is 6.74. The van der Waals surface area contributed by atoms with Crippen molar-refractivity contribution in [3.8, 4) is 0 Å². The first-order valence-electron chi connectivity index (χ1n) is 5.69.